The average molecular weight is 505 g/mol. The highest BCUT2D eigenvalue weighted by Gasteiger charge is 2.31. The van der Waals surface area contributed by atoms with Gasteiger partial charge in [-0.2, -0.15) is 0 Å². The van der Waals surface area contributed by atoms with E-state index in [2.05, 4.69) is 4.74 Å². The minimum Gasteiger partial charge on any atom is -0.406 e. The number of nitrogens with zero attached hydrogens (tertiary/aromatic N) is 1. The summed E-state index contributed by atoms with van der Waals surface area (Å²) in [5, 5.41) is 0. The molecule has 0 aromatic heterocycles. The van der Waals surface area contributed by atoms with E-state index >= 15 is 0 Å². The second-order valence-electron chi connectivity index (χ2n) is 8.57. The lowest BCUT2D eigenvalue weighted by Crippen LogP contribution is -2.16. The van der Waals surface area contributed by atoms with Gasteiger partial charge in [0.2, 0.25) is 0 Å². The van der Waals surface area contributed by atoms with E-state index in [1.165, 1.54) is 30.3 Å². The van der Waals surface area contributed by atoms with E-state index in [-0.39, 0.29) is 23.1 Å². The summed E-state index contributed by atoms with van der Waals surface area (Å²) in [6.45, 7) is 0. The van der Waals surface area contributed by atoms with Crippen molar-refractivity contribution in [1.82, 2.24) is 0 Å². The van der Waals surface area contributed by atoms with E-state index in [0.717, 1.165) is 27.8 Å². The Hall–Kier alpha value is -4.26. The largest absolute Gasteiger partial charge is 0.573 e. The van der Waals surface area contributed by atoms with E-state index in [1.54, 1.807) is 12.1 Å². The molecule has 1 atom stereocenters. The Balaban J connectivity index is 1.44. The lowest BCUT2D eigenvalue weighted by molar-refractivity contribution is -0.274. The second-order valence-corrected chi connectivity index (χ2v) is 8.57. The Morgan fingerprint density at radius 3 is 1.92 bits per heavy atom. The maximum absolute atomic E-state index is 14.7. The molecule has 0 spiro atoms. The third-order valence-electron chi connectivity index (χ3n) is 6.06. The third kappa shape index (κ3) is 5.61. The fourth-order valence-electron chi connectivity index (χ4n) is 4.36. The van der Waals surface area contributed by atoms with Crippen LogP contribution in [-0.4, -0.2) is 12.1 Å². The smallest absolute Gasteiger partial charge is 0.406 e. The molecule has 5 rings (SSSR count). The van der Waals surface area contributed by atoms with Gasteiger partial charge in [-0.1, -0.05) is 72.8 Å². The molecule has 0 N–H and O–H groups in total. The Kier molecular flexibility index (Phi) is 6.61. The summed E-state index contributed by atoms with van der Waals surface area (Å²) in [7, 11) is 0. The van der Waals surface area contributed by atoms with Crippen molar-refractivity contribution in [3.05, 3.63) is 131 Å². The van der Waals surface area contributed by atoms with Crippen LogP contribution in [0.1, 0.15) is 29.2 Å². The van der Waals surface area contributed by atoms with Gasteiger partial charge in [0.25, 0.3) is 0 Å². The molecule has 1 unspecified atom stereocenters. The lowest BCUT2D eigenvalue weighted by Gasteiger charge is -2.11. The molecular weight excluding hydrogens is 485 g/mol. The van der Waals surface area contributed by atoms with E-state index < -0.39 is 18.0 Å². The predicted octanol–water partition coefficient (Wildman–Crippen LogP) is 8.55. The zero-order chi connectivity index (χ0) is 26.0. The molecule has 0 bridgehead atoms. The lowest BCUT2D eigenvalue weighted by atomic mass is 9.95. The van der Waals surface area contributed by atoms with E-state index in [4.69, 9.17) is 4.99 Å². The van der Waals surface area contributed by atoms with Gasteiger partial charge in [-0.25, -0.2) is 8.78 Å². The molecule has 4 aromatic carbocycles. The Bertz CT molecular complexity index is 1440. The molecule has 2 nitrogen and oxygen atoms in total. The Labute approximate surface area is 210 Å². The van der Waals surface area contributed by atoms with Gasteiger partial charge in [0.1, 0.15) is 17.4 Å². The van der Waals surface area contributed by atoms with Gasteiger partial charge >= 0.3 is 6.36 Å². The normalized spacial score (nSPS) is 16.6. The third-order valence-corrected chi connectivity index (χ3v) is 6.06. The molecule has 0 amide bonds. The zero-order valence-corrected chi connectivity index (χ0v) is 19.3. The summed E-state index contributed by atoms with van der Waals surface area (Å²) >= 11 is 0. The van der Waals surface area contributed by atoms with Crippen LogP contribution in [0.15, 0.2) is 108 Å². The molecule has 7 heteroatoms. The van der Waals surface area contributed by atoms with Crippen LogP contribution in [0.3, 0.4) is 0 Å². The van der Waals surface area contributed by atoms with Crippen LogP contribution in [-0.2, 0) is 0 Å². The maximum atomic E-state index is 14.7. The number of alkyl halides is 3. The topological polar surface area (TPSA) is 21.6 Å². The van der Waals surface area contributed by atoms with E-state index in [0.29, 0.717) is 6.42 Å². The van der Waals surface area contributed by atoms with Gasteiger partial charge < -0.3 is 4.74 Å². The maximum Gasteiger partial charge on any atom is 0.573 e. The van der Waals surface area contributed by atoms with Crippen LogP contribution in [0.25, 0.3) is 17.2 Å². The minimum absolute atomic E-state index is 0.148. The quantitative estimate of drug-likeness (QED) is 0.249. The van der Waals surface area contributed by atoms with Gasteiger partial charge in [0, 0.05) is 6.42 Å². The number of halogens is 5. The summed E-state index contributed by atoms with van der Waals surface area (Å²) in [6.07, 6.45) is -2.40. The van der Waals surface area contributed by atoms with Crippen LogP contribution in [0, 0.1) is 11.6 Å². The highest BCUT2D eigenvalue weighted by atomic mass is 19.4. The molecule has 1 heterocycles. The molecule has 0 saturated carbocycles. The summed E-state index contributed by atoms with van der Waals surface area (Å²) in [5.74, 6) is -1.64. The number of ether oxygens (including phenoxy) is 1. The summed E-state index contributed by atoms with van der Waals surface area (Å²) in [4.78, 5) is 4.72. The molecule has 186 valence electrons. The van der Waals surface area contributed by atoms with Crippen molar-refractivity contribution in [3.8, 4) is 16.9 Å². The number of hydrogen-bond acceptors (Lipinski definition) is 2. The molecular formula is C30H20F5NO. The van der Waals surface area contributed by atoms with Crippen molar-refractivity contribution < 1.29 is 26.7 Å². The molecule has 0 fully saturated rings. The first kappa shape index (κ1) is 24.4. The highest BCUT2D eigenvalue weighted by Crippen LogP contribution is 2.37. The molecule has 0 aliphatic carbocycles. The summed E-state index contributed by atoms with van der Waals surface area (Å²) < 4.78 is 70.5. The highest BCUT2D eigenvalue weighted by molar-refractivity contribution is 6.16. The fraction of sp³-hybridized carbons (Fsp3) is 0.100. The van der Waals surface area contributed by atoms with Gasteiger partial charge in [-0.3, -0.25) is 4.99 Å². The minimum atomic E-state index is -4.75. The van der Waals surface area contributed by atoms with Crippen LogP contribution in [0.2, 0.25) is 0 Å². The second kappa shape index (κ2) is 10.0. The van der Waals surface area contributed by atoms with Gasteiger partial charge in [-0.05, 0) is 58.2 Å². The van der Waals surface area contributed by atoms with E-state index in [9.17, 15) is 22.0 Å². The molecule has 1 aliphatic heterocycles. The number of benzene rings is 4. The standard InChI is InChI=1S/C30H20F5NO/c31-25-7-4-8-26(32)28(25)29-23(17-19-5-2-1-3-6-19)18-27(36-29)22-11-9-20(10-12-22)21-13-15-24(16-14-21)37-30(33,34)35/h1-17,27H,18H2/b23-17+. The van der Waals surface area contributed by atoms with Gasteiger partial charge in [0.05, 0.1) is 17.3 Å². The van der Waals surface area contributed by atoms with Crippen LogP contribution >= 0.6 is 0 Å². The van der Waals surface area contributed by atoms with Crippen molar-refractivity contribution >= 4 is 11.8 Å². The van der Waals surface area contributed by atoms with Crippen molar-refractivity contribution in [2.24, 2.45) is 4.99 Å². The van der Waals surface area contributed by atoms with E-state index in [1.807, 2.05) is 60.7 Å². The SMILES string of the molecule is Fc1cccc(F)c1C1=NC(c2ccc(-c3ccc(OC(F)(F)F)cc3)cc2)C/C1=C\c1ccccc1. The van der Waals surface area contributed by atoms with Crippen LogP contribution in [0.5, 0.6) is 5.75 Å². The average Bonchev–Trinajstić information content (AvgIpc) is 3.27. The zero-order valence-electron chi connectivity index (χ0n) is 19.3. The molecule has 37 heavy (non-hydrogen) atoms. The number of rotatable bonds is 5. The Morgan fingerprint density at radius 1 is 0.730 bits per heavy atom. The summed E-state index contributed by atoms with van der Waals surface area (Å²) in [6, 6.07) is 25.9. The van der Waals surface area contributed by atoms with Crippen molar-refractivity contribution in [2.75, 3.05) is 0 Å². The molecule has 1 aliphatic rings. The van der Waals surface area contributed by atoms with Crippen molar-refractivity contribution in [3.63, 3.8) is 0 Å². The first-order chi connectivity index (χ1) is 17.8. The summed E-state index contributed by atoms with van der Waals surface area (Å²) in [5.41, 5.74) is 4.13. The monoisotopic (exact) mass is 505 g/mol. The molecule has 0 saturated heterocycles. The molecule has 4 aromatic rings. The number of hydrogen-bond donors (Lipinski definition) is 0. The molecule has 0 radical (unpaired) electrons. The van der Waals surface area contributed by atoms with Crippen LogP contribution in [0.4, 0.5) is 22.0 Å². The Morgan fingerprint density at radius 2 is 1.32 bits per heavy atom. The van der Waals surface area contributed by atoms with Crippen molar-refractivity contribution in [1.29, 1.82) is 0 Å². The predicted molar refractivity (Wildman–Crippen MR) is 133 cm³/mol. The van der Waals surface area contributed by atoms with Gasteiger partial charge in [0.15, 0.2) is 0 Å². The number of aliphatic imine (C=N–C) groups is 1. The van der Waals surface area contributed by atoms with Gasteiger partial charge in [-0.15, -0.1) is 13.2 Å². The first-order valence-electron chi connectivity index (χ1n) is 11.5. The van der Waals surface area contributed by atoms with Crippen molar-refractivity contribution in [2.45, 2.75) is 18.8 Å². The fourth-order valence-corrected chi connectivity index (χ4v) is 4.36. The van der Waals surface area contributed by atoms with Crippen LogP contribution < -0.4 is 4.74 Å². The first-order valence-corrected chi connectivity index (χ1v) is 11.5.